The van der Waals surface area contributed by atoms with E-state index in [9.17, 15) is 0 Å². The Morgan fingerprint density at radius 3 is 2.00 bits per heavy atom. The fourth-order valence-electron chi connectivity index (χ4n) is 3.24. The summed E-state index contributed by atoms with van der Waals surface area (Å²) in [5, 5.41) is 3.58. The van der Waals surface area contributed by atoms with Crippen molar-refractivity contribution in [2.75, 3.05) is 46.3 Å². The average molecular weight is 239 g/mol. The van der Waals surface area contributed by atoms with Crippen LogP contribution in [0, 0.1) is 11.8 Å². The molecule has 2 atom stereocenters. The van der Waals surface area contributed by atoms with E-state index < -0.39 is 0 Å². The van der Waals surface area contributed by atoms with Crippen molar-refractivity contribution in [3.63, 3.8) is 0 Å². The first-order chi connectivity index (χ1) is 8.15. The predicted octanol–water partition coefficient (Wildman–Crippen LogP) is 1.26. The maximum Gasteiger partial charge on any atom is 0.0120 e. The first-order valence-corrected chi connectivity index (χ1v) is 7.28. The molecule has 0 aromatic heterocycles. The number of piperidine rings is 1. The highest BCUT2D eigenvalue weighted by Crippen LogP contribution is 2.19. The second-order valence-electron chi connectivity index (χ2n) is 6.36. The summed E-state index contributed by atoms with van der Waals surface area (Å²) in [5.41, 5.74) is 0. The van der Waals surface area contributed by atoms with Crippen LogP contribution in [0.25, 0.3) is 0 Å². The van der Waals surface area contributed by atoms with Crippen LogP contribution in [0.2, 0.25) is 0 Å². The molecular weight excluding hydrogens is 210 g/mol. The largest absolute Gasteiger partial charge is 0.316 e. The summed E-state index contributed by atoms with van der Waals surface area (Å²) in [5.74, 6) is 1.59. The van der Waals surface area contributed by atoms with Gasteiger partial charge in [0.2, 0.25) is 0 Å². The SMILES string of the molecule is CC1CNCC(C)CN(C2CCN(C)CC2)C1. The van der Waals surface area contributed by atoms with Crippen molar-refractivity contribution in [2.45, 2.75) is 32.7 Å². The Morgan fingerprint density at radius 2 is 1.47 bits per heavy atom. The van der Waals surface area contributed by atoms with E-state index in [4.69, 9.17) is 0 Å². The van der Waals surface area contributed by atoms with Gasteiger partial charge in [0.1, 0.15) is 0 Å². The lowest BCUT2D eigenvalue weighted by molar-refractivity contribution is 0.0859. The Balaban J connectivity index is 1.91. The quantitative estimate of drug-likeness (QED) is 0.743. The molecule has 17 heavy (non-hydrogen) atoms. The fourth-order valence-corrected chi connectivity index (χ4v) is 3.24. The zero-order chi connectivity index (χ0) is 12.3. The Kier molecular flexibility index (Phi) is 4.83. The van der Waals surface area contributed by atoms with E-state index in [1.807, 2.05) is 0 Å². The topological polar surface area (TPSA) is 18.5 Å². The van der Waals surface area contributed by atoms with Crippen molar-refractivity contribution in [1.82, 2.24) is 15.1 Å². The molecule has 2 unspecified atom stereocenters. The summed E-state index contributed by atoms with van der Waals surface area (Å²) in [6.07, 6.45) is 2.73. The van der Waals surface area contributed by atoms with Crippen LogP contribution in [-0.2, 0) is 0 Å². The van der Waals surface area contributed by atoms with Crippen LogP contribution in [0.4, 0.5) is 0 Å². The van der Waals surface area contributed by atoms with Gasteiger partial charge in [-0.1, -0.05) is 13.8 Å². The van der Waals surface area contributed by atoms with Gasteiger partial charge in [0.05, 0.1) is 0 Å². The number of hydrogen-bond donors (Lipinski definition) is 1. The summed E-state index contributed by atoms with van der Waals surface area (Å²) < 4.78 is 0. The molecule has 3 nitrogen and oxygen atoms in total. The van der Waals surface area contributed by atoms with Crippen LogP contribution in [0.5, 0.6) is 0 Å². The Hall–Kier alpha value is -0.120. The van der Waals surface area contributed by atoms with E-state index >= 15 is 0 Å². The lowest BCUT2D eigenvalue weighted by Crippen LogP contribution is -2.50. The highest BCUT2D eigenvalue weighted by Gasteiger charge is 2.26. The number of likely N-dealkylation sites (tertiary alicyclic amines) is 1. The van der Waals surface area contributed by atoms with Crippen LogP contribution in [0.3, 0.4) is 0 Å². The third-order valence-electron chi connectivity index (χ3n) is 4.28. The number of rotatable bonds is 1. The Morgan fingerprint density at radius 1 is 0.941 bits per heavy atom. The number of hydrogen-bond acceptors (Lipinski definition) is 3. The monoisotopic (exact) mass is 239 g/mol. The third-order valence-corrected chi connectivity index (χ3v) is 4.28. The van der Waals surface area contributed by atoms with E-state index in [1.54, 1.807) is 0 Å². The van der Waals surface area contributed by atoms with Gasteiger partial charge in [-0.15, -0.1) is 0 Å². The second kappa shape index (κ2) is 6.17. The minimum atomic E-state index is 0.794. The Labute approximate surface area is 107 Å². The van der Waals surface area contributed by atoms with Crippen molar-refractivity contribution < 1.29 is 0 Å². The van der Waals surface area contributed by atoms with Gasteiger partial charge in [0.25, 0.3) is 0 Å². The molecule has 0 amide bonds. The van der Waals surface area contributed by atoms with Gasteiger partial charge in [0, 0.05) is 19.1 Å². The van der Waals surface area contributed by atoms with Crippen LogP contribution in [0.15, 0.2) is 0 Å². The maximum absolute atomic E-state index is 3.58. The lowest BCUT2D eigenvalue weighted by atomic mass is 9.98. The molecule has 2 aliphatic heterocycles. The smallest absolute Gasteiger partial charge is 0.0120 e. The zero-order valence-electron chi connectivity index (χ0n) is 11.8. The number of nitrogens with zero attached hydrogens (tertiary/aromatic N) is 2. The normalized spacial score (nSPS) is 35.5. The first-order valence-electron chi connectivity index (χ1n) is 7.28. The van der Waals surface area contributed by atoms with Crippen LogP contribution < -0.4 is 5.32 Å². The molecule has 1 N–H and O–H groups in total. The van der Waals surface area contributed by atoms with E-state index in [-0.39, 0.29) is 0 Å². The van der Waals surface area contributed by atoms with Crippen LogP contribution >= 0.6 is 0 Å². The van der Waals surface area contributed by atoms with Crippen molar-refractivity contribution in [3.05, 3.63) is 0 Å². The van der Waals surface area contributed by atoms with Crippen LogP contribution in [0.1, 0.15) is 26.7 Å². The molecule has 2 fully saturated rings. The molecule has 0 aliphatic carbocycles. The number of nitrogens with one attached hydrogen (secondary N) is 1. The van der Waals surface area contributed by atoms with Crippen molar-refractivity contribution in [1.29, 1.82) is 0 Å². The summed E-state index contributed by atoms with van der Waals surface area (Å²) >= 11 is 0. The molecule has 2 saturated heterocycles. The van der Waals surface area contributed by atoms with E-state index in [1.165, 1.54) is 52.1 Å². The van der Waals surface area contributed by atoms with Gasteiger partial charge in [-0.05, 0) is 57.9 Å². The van der Waals surface area contributed by atoms with Crippen molar-refractivity contribution in [3.8, 4) is 0 Å². The molecule has 0 radical (unpaired) electrons. The zero-order valence-corrected chi connectivity index (χ0v) is 11.8. The molecule has 2 aliphatic rings. The molecule has 0 saturated carbocycles. The highest BCUT2D eigenvalue weighted by atomic mass is 15.2. The summed E-state index contributed by atoms with van der Waals surface area (Å²) in [4.78, 5) is 5.25. The van der Waals surface area contributed by atoms with Gasteiger partial charge in [-0.3, -0.25) is 4.90 Å². The van der Waals surface area contributed by atoms with Gasteiger partial charge < -0.3 is 10.2 Å². The summed E-state index contributed by atoms with van der Waals surface area (Å²) in [7, 11) is 2.25. The minimum Gasteiger partial charge on any atom is -0.316 e. The van der Waals surface area contributed by atoms with Gasteiger partial charge >= 0.3 is 0 Å². The standard InChI is InChI=1S/C14H29N3/c1-12-8-15-9-13(2)11-17(10-12)14-4-6-16(3)7-5-14/h12-15H,4-11H2,1-3H3. The minimum absolute atomic E-state index is 0.794. The van der Waals surface area contributed by atoms with Gasteiger partial charge in [-0.25, -0.2) is 0 Å². The highest BCUT2D eigenvalue weighted by molar-refractivity contribution is 4.82. The van der Waals surface area contributed by atoms with E-state index in [0.29, 0.717) is 0 Å². The lowest BCUT2D eigenvalue weighted by Gasteiger charge is -2.41. The molecule has 100 valence electrons. The van der Waals surface area contributed by atoms with Crippen molar-refractivity contribution in [2.24, 2.45) is 11.8 Å². The van der Waals surface area contributed by atoms with E-state index in [2.05, 4.69) is 36.0 Å². The molecule has 0 aromatic rings. The Bertz CT molecular complexity index is 212. The molecule has 3 heteroatoms. The predicted molar refractivity (Wildman–Crippen MR) is 73.3 cm³/mol. The average Bonchev–Trinajstić information content (AvgIpc) is 2.27. The second-order valence-corrected chi connectivity index (χ2v) is 6.36. The summed E-state index contributed by atoms with van der Waals surface area (Å²) in [6, 6.07) is 0.842. The fraction of sp³-hybridized carbons (Fsp3) is 1.00. The van der Waals surface area contributed by atoms with E-state index in [0.717, 1.165) is 17.9 Å². The molecular formula is C14H29N3. The van der Waals surface area contributed by atoms with Gasteiger partial charge in [0.15, 0.2) is 0 Å². The first kappa shape index (κ1) is 13.3. The molecule has 2 rings (SSSR count). The maximum atomic E-state index is 3.58. The van der Waals surface area contributed by atoms with Crippen LogP contribution in [-0.4, -0.2) is 62.2 Å². The van der Waals surface area contributed by atoms with Gasteiger partial charge in [-0.2, -0.15) is 0 Å². The summed E-state index contributed by atoms with van der Waals surface area (Å²) in [6.45, 7) is 12.3. The van der Waals surface area contributed by atoms with Crippen molar-refractivity contribution >= 4 is 0 Å². The molecule has 0 spiro atoms. The molecule has 2 heterocycles. The molecule has 0 bridgehead atoms. The third kappa shape index (κ3) is 3.94. The molecule has 0 aromatic carbocycles.